The van der Waals surface area contributed by atoms with Gasteiger partial charge in [-0.15, -0.1) is 11.3 Å². The van der Waals surface area contributed by atoms with E-state index in [1.165, 1.54) is 11.4 Å². The number of hydrogen-bond donors (Lipinski definition) is 2. The number of aliphatic hydroxyl groups is 1. The van der Waals surface area contributed by atoms with Gasteiger partial charge in [0.1, 0.15) is 0 Å². The number of aromatic nitrogens is 2. The number of nitrogens with zero attached hydrogens (tertiary/aromatic N) is 2. The maximum Gasteiger partial charge on any atom is 0.194 e. The van der Waals surface area contributed by atoms with Crippen molar-refractivity contribution in [3.8, 4) is 0 Å². The van der Waals surface area contributed by atoms with E-state index in [1.54, 1.807) is 11.3 Å². The zero-order valence-corrected chi connectivity index (χ0v) is 12.3. The van der Waals surface area contributed by atoms with Gasteiger partial charge in [0.05, 0.1) is 17.5 Å². The summed E-state index contributed by atoms with van der Waals surface area (Å²) >= 11 is 1.70. The molecule has 0 atom stereocenters. The summed E-state index contributed by atoms with van der Waals surface area (Å²) in [6, 6.07) is 0.535. The molecule has 3 rings (SSSR count). The van der Waals surface area contributed by atoms with E-state index in [1.807, 2.05) is 0 Å². The second-order valence-electron chi connectivity index (χ2n) is 5.53. The normalized spacial score (nSPS) is 24.2. The van der Waals surface area contributed by atoms with Gasteiger partial charge in [0.2, 0.25) is 0 Å². The first kappa shape index (κ1) is 13.1. The zero-order chi connectivity index (χ0) is 13.4. The molecule has 4 nitrogen and oxygen atoms in total. The van der Waals surface area contributed by atoms with Crippen molar-refractivity contribution in [2.75, 3.05) is 0 Å². The van der Waals surface area contributed by atoms with Gasteiger partial charge in [0, 0.05) is 23.7 Å². The summed E-state index contributed by atoms with van der Waals surface area (Å²) in [6.45, 7) is 5.08. The standard InChI is InChI=1S/C14H21N3OS/c1-9-8-19-14-16-10(2)13(17(9)14)7-15-11-3-5-12(18)6-4-11/h8,11-12,15,18H,3-7H2,1-2H3. The van der Waals surface area contributed by atoms with Crippen molar-refractivity contribution in [2.45, 2.75) is 58.2 Å². The monoisotopic (exact) mass is 279 g/mol. The van der Waals surface area contributed by atoms with Crippen molar-refractivity contribution in [3.63, 3.8) is 0 Å². The highest BCUT2D eigenvalue weighted by Gasteiger charge is 2.20. The largest absolute Gasteiger partial charge is 0.393 e. The number of imidazole rings is 1. The zero-order valence-electron chi connectivity index (χ0n) is 11.5. The van der Waals surface area contributed by atoms with Crippen molar-refractivity contribution >= 4 is 16.3 Å². The van der Waals surface area contributed by atoms with Crippen LogP contribution in [-0.4, -0.2) is 26.6 Å². The molecule has 2 aromatic heterocycles. The fourth-order valence-corrected chi connectivity index (χ4v) is 3.83. The smallest absolute Gasteiger partial charge is 0.194 e. The van der Waals surface area contributed by atoms with Crippen molar-refractivity contribution < 1.29 is 5.11 Å². The van der Waals surface area contributed by atoms with Gasteiger partial charge in [0.25, 0.3) is 0 Å². The summed E-state index contributed by atoms with van der Waals surface area (Å²) in [5.74, 6) is 0. The maximum atomic E-state index is 9.53. The Labute approximate surface area is 117 Å². The Balaban J connectivity index is 1.71. The van der Waals surface area contributed by atoms with Crippen LogP contribution in [-0.2, 0) is 6.54 Å². The lowest BCUT2D eigenvalue weighted by Gasteiger charge is -2.26. The molecule has 0 aromatic carbocycles. The fourth-order valence-electron chi connectivity index (χ4n) is 2.90. The van der Waals surface area contributed by atoms with E-state index in [-0.39, 0.29) is 6.10 Å². The highest BCUT2D eigenvalue weighted by molar-refractivity contribution is 7.15. The van der Waals surface area contributed by atoms with Crippen LogP contribution in [0.3, 0.4) is 0 Å². The number of aryl methyl sites for hydroxylation is 2. The first-order valence-electron chi connectivity index (χ1n) is 6.98. The molecule has 2 aromatic rings. The van der Waals surface area contributed by atoms with Crippen LogP contribution in [0.25, 0.3) is 4.96 Å². The quantitative estimate of drug-likeness (QED) is 0.907. The Morgan fingerprint density at radius 3 is 2.84 bits per heavy atom. The van der Waals surface area contributed by atoms with Crippen LogP contribution < -0.4 is 5.32 Å². The number of aliphatic hydroxyl groups excluding tert-OH is 1. The van der Waals surface area contributed by atoms with E-state index in [0.717, 1.165) is 42.9 Å². The number of thiazole rings is 1. The highest BCUT2D eigenvalue weighted by Crippen LogP contribution is 2.22. The van der Waals surface area contributed by atoms with E-state index in [9.17, 15) is 5.11 Å². The minimum atomic E-state index is -0.0828. The fraction of sp³-hybridized carbons (Fsp3) is 0.643. The summed E-state index contributed by atoms with van der Waals surface area (Å²) in [5, 5.41) is 15.3. The molecule has 0 bridgehead atoms. The molecule has 0 spiro atoms. The van der Waals surface area contributed by atoms with Crippen molar-refractivity contribution in [3.05, 3.63) is 22.5 Å². The Morgan fingerprint density at radius 1 is 1.37 bits per heavy atom. The topological polar surface area (TPSA) is 49.6 Å². The molecular weight excluding hydrogens is 258 g/mol. The molecule has 0 radical (unpaired) electrons. The predicted octanol–water partition coefficient (Wildman–Crippen LogP) is 2.41. The van der Waals surface area contributed by atoms with E-state index in [2.05, 4.69) is 33.9 Å². The average Bonchev–Trinajstić information content (AvgIpc) is 2.89. The molecule has 1 fully saturated rings. The molecule has 2 N–H and O–H groups in total. The average molecular weight is 279 g/mol. The molecule has 1 aliphatic rings. The van der Waals surface area contributed by atoms with Gasteiger partial charge in [-0.25, -0.2) is 4.98 Å². The molecule has 104 valence electrons. The van der Waals surface area contributed by atoms with Gasteiger partial charge >= 0.3 is 0 Å². The molecule has 5 heteroatoms. The van der Waals surface area contributed by atoms with E-state index < -0.39 is 0 Å². The maximum absolute atomic E-state index is 9.53. The molecule has 19 heavy (non-hydrogen) atoms. The summed E-state index contributed by atoms with van der Waals surface area (Å²) < 4.78 is 2.25. The van der Waals surface area contributed by atoms with Crippen LogP contribution in [0.15, 0.2) is 5.38 Å². The van der Waals surface area contributed by atoms with Gasteiger partial charge < -0.3 is 10.4 Å². The number of hydrogen-bond acceptors (Lipinski definition) is 4. The van der Waals surface area contributed by atoms with Crippen LogP contribution >= 0.6 is 11.3 Å². The third-order valence-corrected chi connectivity index (χ3v) is 5.03. The number of rotatable bonds is 3. The van der Waals surface area contributed by atoms with Gasteiger partial charge in [0.15, 0.2) is 4.96 Å². The molecule has 0 unspecified atom stereocenters. The summed E-state index contributed by atoms with van der Waals surface area (Å²) in [6.07, 6.45) is 3.92. The lowest BCUT2D eigenvalue weighted by Crippen LogP contribution is -2.34. The number of nitrogens with one attached hydrogen (secondary N) is 1. The van der Waals surface area contributed by atoms with E-state index >= 15 is 0 Å². The second kappa shape index (κ2) is 5.23. The van der Waals surface area contributed by atoms with Gasteiger partial charge in [-0.05, 0) is 39.5 Å². The second-order valence-corrected chi connectivity index (χ2v) is 6.36. The number of fused-ring (bicyclic) bond motifs is 1. The third-order valence-electron chi connectivity index (χ3n) is 4.08. The molecule has 0 amide bonds. The molecule has 1 aliphatic carbocycles. The summed E-state index contributed by atoms with van der Waals surface area (Å²) in [4.78, 5) is 5.70. The molecule has 2 heterocycles. The lowest BCUT2D eigenvalue weighted by molar-refractivity contribution is 0.116. The minimum Gasteiger partial charge on any atom is -0.393 e. The van der Waals surface area contributed by atoms with Crippen LogP contribution in [0, 0.1) is 13.8 Å². The first-order valence-corrected chi connectivity index (χ1v) is 7.86. The van der Waals surface area contributed by atoms with E-state index in [4.69, 9.17) is 0 Å². The molecule has 0 aliphatic heterocycles. The predicted molar refractivity (Wildman–Crippen MR) is 77.6 cm³/mol. The molecule has 1 saturated carbocycles. The van der Waals surface area contributed by atoms with Crippen LogP contribution in [0.4, 0.5) is 0 Å². The van der Waals surface area contributed by atoms with Gasteiger partial charge in [-0.1, -0.05) is 0 Å². The van der Waals surface area contributed by atoms with Crippen LogP contribution in [0.5, 0.6) is 0 Å². The van der Waals surface area contributed by atoms with Gasteiger partial charge in [-0.2, -0.15) is 0 Å². The molecular formula is C14H21N3OS. The van der Waals surface area contributed by atoms with Gasteiger partial charge in [-0.3, -0.25) is 4.40 Å². The van der Waals surface area contributed by atoms with E-state index in [0.29, 0.717) is 6.04 Å². The van der Waals surface area contributed by atoms with Crippen LogP contribution in [0.1, 0.15) is 42.8 Å². The van der Waals surface area contributed by atoms with Crippen molar-refractivity contribution in [1.82, 2.24) is 14.7 Å². The van der Waals surface area contributed by atoms with Crippen molar-refractivity contribution in [2.24, 2.45) is 0 Å². The van der Waals surface area contributed by atoms with Crippen LogP contribution in [0.2, 0.25) is 0 Å². The Morgan fingerprint density at radius 2 is 2.11 bits per heavy atom. The molecule has 0 saturated heterocycles. The summed E-state index contributed by atoms with van der Waals surface area (Å²) in [7, 11) is 0. The first-order chi connectivity index (χ1) is 9.15. The Bertz CT molecular complexity index is 567. The highest BCUT2D eigenvalue weighted by atomic mass is 32.1. The Kier molecular flexibility index (Phi) is 3.60. The summed E-state index contributed by atoms with van der Waals surface area (Å²) in [5.41, 5.74) is 3.66. The SMILES string of the molecule is Cc1nc2scc(C)n2c1CNC1CCC(O)CC1. The van der Waals surface area contributed by atoms with Crippen molar-refractivity contribution in [1.29, 1.82) is 0 Å². The lowest BCUT2D eigenvalue weighted by atomic mass is 9.93. The minimum absolute atomic E-state index is 0.0828. The Hall–Kier alpha value is -0.910. The third kappa shape index (κ3) is 2.55.